The van der Waals surface area contributed by atoms with Crippen molar-refractivity contribution >= 4 is 44.6 Å². The predicted molar refractivity (Wildman–Crippen MR) is 77.4 cm³/mol. The monoisotopic (exact) mass is 345 g/mol. The summed E-state index contributed by atoms with van der Waals surface area (Å²) < 4.78 is 0. The first-order chi connectivity index (χ1) is 10.2. The highest BCUT2D eigenvalue weighted by atomic mass is 32.1. The third kappa shape index (κ3) is 4.60. The summed E-state index contributed by atoms with van der Waals surface area (Å²) in [5.41, 5.74) is 4.88. The lowest BCUT2D eigenvalue weighted by Gasteiger charge is -1.82. The molecular weight excluding hydrogens is 338 g/mol. The highest BCUT2D eigenvalue weighted by Crippen LogP contribution is 2.23. The molecule has 22 heavy (non-hydrogen) atoms. The fraction of sp³-hybridized carbons (Fsp3) is 0. The third-order valence-electron chi connectivity index (χ3n) is 2.00. The van der Waals surface area contributed by atoms with Gasteiger partial charge in [-0.1, -0.05) is 22.7 Å². The number of carboxylic acid groups (broad SMARTS) is 1. The summed E-state index contributed by atoms with van der Waals surface area (Å²) in [6.45, 7) is 0. The van der Waals surface area contributed by atoms with E-state index in [1.807, 2.05) is 0 Å². The maximum Gasteiger partial charge on any atom is 0.346 e. The zero-order valence-electron chi connectivity index (χ0n) is 10.5. The maximum atomic E-state index is 10.4. The molecule has 0 spiro atoms. The average molecular weight is 345 g/mol. The molecule has 2 aromatic rings. The summed E-state index contributed by atoms with van der Waals surface area (Å²) in [6.07, 6.45) is 0. The number of nitrogens with zero attached hydrogens (tertiary/aromatic N) is 2. The minimum Gasteiger partial charge on any atom is -0.477 e. The van der Waals surface area contributed by atoms with Crippen LogP contribution in [0.15, 0.2) is 24.3 Å². The number of nitro groups is 2. The lowest BCUT2D eigenvalue weighted by molar-refractivity contribution is -0.380. The summed E-state index contributed by atoms with van der Waals surface area (Å²) in [5, 5.41) is 28.3. The zero-order valence-corrected chi connectivity index (χ0v) is 12.1. The van der Waals surface area contributed by atoms with Crippen LogP contribution in [0.1, 0.15) is 19.3 Å². The second kappa shape index (κ2) is 7.24. The average Bonchev–Trinajstić information content (AvgIpc) is 3.09. The molecule has 0 saturated heterocycles. The Hall–Kier alpha value is -2.86. The van der Waals surface area contributed by atoms with E-state index in [2.05, 4.69) is 0 Å². The fourth-order valence-electron chi connectivity index (χ4n) is 1.10. The molecule has 1 amide bonds. The first-order valence-electron chi connectivity index (χ1n) is 5.24. The Morgan fingerprint density at radius 3 is 1.59 bits per heavy atom. The molecule has 0 saturated carbocycles. The van der Waals surface area contributed by atoms with Crippen LogP contribution in [-0.4, -0.2) is 26.8 Å². The molecular formula is C10H7N3O7S2. The van der Waals surface area contributed by atoms with Crippen LogP contribution in [0.4, 0.5) is 10.0 Å². The van der Waals surface area contributed by atoms with Gasteiger partial charge in [0, 0.05) is 12.1 Å². The molecule has 0 aromatic carbocycles. The lowest BCUT2D eigenvalue weighted by Crippen LogP contribution is -2.07. The standard InChI is InChI=1S/C5H4N2O3S.C5H3NO4S/c6-5(8)3-1-2-4(11-3)7(9)10;7-5(8)3-1-2-4(11-3)6(9)10/h1-2H,(H2,6,8);1-2H,(H,7,8). The molecule has 2 aromatic heterocycles. The third-order valence-corrected chi connectivity index (χ3v) is 4.07. The molecule has 0 bridgehead atoms. The van der Waals surface area contributed by atoms with Crippen LogP contribution in [0.3, 0.4) is 0 Å². The highest BCUT2D eigenvalue weighted by Gasteiger charge is 2.13. The molecule has 116 valence electrons. The van der Waals surface area contributed by atoms with E-state index < -0.39 is 21.7 Å². The van der Waals surface area contributed by atoms with Crippen LogP contribution >= 0.6 is 22.7 Å². The molecule has 0 atom stereocenters. The van der Waals surface area contributed by atoms with Crippen molar-refractivity contribution in [2.45, 2.75) is 0 Å². The minimum atomic E-state index is -1.14. The number of rotatable bonds is 4. The van der Waals surface area contributed by atoms with Gasteiger partial charge in [-0.25, -0.2) is 4.79 Å². The summed E-state index contributed by atoms with van der Waals surface area (Å²) >= 11 is 1.43. The van der Waals surface area contributed by atoms with Gasteiger partial charge in [0.05, 0.1) is 14.7 Å². The number of carboxylic acids is 1. The Morgan fingerprint density at radius 2 is 1.36 bits per heavy atom. The molecule has 10 nitrogen and oxygen atoms in total. The Kier molecular flexibility index (Phi) is 5.65. The number of amides is 1. The van der Waals surface area contributed by atoms with Crippen molar-refractivity contribution in [2.75, 3.05) is 0 Å². The van der Waals surface area contributed by atoms with Crippen molar-refractivity contribution in [3.8, 4) is 0 Å². The van der Waals surface area contributed by atoms with Gasteiger partial charge in [0.1, 0.15) is 4.88 Å². The Bertz CT molecular complexity index is 617. The SMILES string of the molecule is NC(=O)c1ccc([N+](=O)[O-])s1.O=C(O)c1ccc([N+](=O)[O-])s1. The van der Waals surface area contributed by atoms with Crippen molar-refractivity contribution in [2.24, 2.45) is 5.73 Å². The van der Waals surface area contributed by atoms with Crippen molar-refractivity contribution in [3.63, 3.8) is 0 Å². The number of aromatic carboxylic acids is 1. The van der Waals surface area contributed by atoms with E-state index in [1.165, 1.54) is 24.3 Å². The largest absolute Gasteiger partial charge is 0.477 e. The van der Waals surface area contributed by atoms with Crippen LogP contribution in [0.25, 0.3) is 0 Å². The Morgan fingerprint density at radius 1 is 0.955 bits per heavy atom. The fourth-order valence-corrected chi connectivity index (χ4v) is 2.43. The van der Waals surface area contributed by atoms with E-state index in [-0.39, 0.29) is 19.8 Å². The molecule has 3 N–H and O–H groups in total. The molecule has 0 aliphatic heterocycles. The number of hydrogen-bond donors (Lipinski definition) is 2. The second-order valence-corrected chi connectivity index (χ2v) is 5.58. The second-order valence-electron chi connectivity index (χ2n) is 3.46. The van der Waals surface area contributed by atoms with E-state index in [9.17, 15) is 29.8 Å². The molecule has 2 heterocycles. The first kappa shape index (κ1) is 17.2. The van der Waals surface area contributed by atoms with Crippen LogP contribution in [0.2, 0.25) is 0 Å². The summed E-state index contributed by atoms with van der Waals surface area (Å²) in [5.74, 6) is -1.77. The van der Waals surface area contributed by atoms with E-state index in [0.29, 0.717) is 11.3 Å². The van der Waals surface area contributed by atoms with Gasteiger partial charge >= 0.3 is 16.0 Å². The van der Waals surface area contributed by atoms with E-state index in [0.717, 1.165) is 11.3 Å². The topological polar surface area (TPSA) is 167 Å². The molecule has 0 unspecified atom stereocenters. The van der Waals surface area contributed by atoms with Crippen LogP contribution in [0, 0.1) is 20.2 Å². The van der Waals surface area contributed by atoms with Crippen molar-refractivity contribution in [1.29, 1.82) is 0 Å². The van der Waals surface area contributed by atoms with Gasteiger partial charge in [-0.3, -0.25) is 25.0 Å². The summed E-state index contributed by atoms with van der Waals surface area (Å²) in [4.78, 5) is 39.8. The number of hydrogen-bond acceptors (Lipinski definition) is 8. The summed E-state index contributed by atoms with van der Waals surface area (Å²) in [6, 6.07) is 4.98. The maximum absolute atomic E-state index is 10.4. The smallest absolute Gasteiger partial charge is 0.346 e. The first-order valence-corrected chi connectivity index (χ1v) is 6.87. The molecule has 12 heteroatoms. The van der Waals surface area contributed by atoms with Crippen molar-refractivity contribution < 1.29 is 24.5 Å². The van der Waals surface area contributed by atoms with Crippen molar-refractivity contribution in [1.82, 2.24) is 0 Å². The quantitative estimate of drug-likeness (QED) is 0.631. The number of thiophene rings is 2. The lowest BCUT2D eigenvalue weighted by atomic mass is 10.4. The zero-order chi connectivity index (χ0) is 16.9. The van der Waals surface area contributed by atoms with Gasteiger partial charge in [0.15, 0.2) is 0 Å². The number of primary amides is 1. The number of carbonyl (C=O) groups excluding carboxylic acids is 1. The van der Waals surface area contributed by atoms with E-state index >= 15 is 0 Å². The van der Waals surface area contributed by atoms with E-state index in [4.69, 9.17) is 10.8 Å². The molecule has 0 aliphatic carbocycles. The van der Waals surface area contributed by atoms with Crippen LogP contribution in [0.5, 0.6) is 0 Å². The van der Waals surface area contributed by atoms with Gasteiger partial charge in [0.2, 0.25) is 0 Å². The molecule has 0 aliphatic rings. The molecule has 0 radical (unpaired) electrons. The summed E-state index contributed by atoms with van der Waals surface area (Å²) in [7, 11) is 0. The van der Waals surface area contributed by atoms with Crippen LogP contribution < -0.4 is 5.73 Å². The normalized spacial score (nSPS) is 9.45. The number of carbonyl (C=O) groups is 2. The van der Waals surface area contributed by atoms with Gasteiger partial charge < -0.3 is 10.8 Å². The Labute approximate surface area is 129 Å². The van der Waals surface area contributed by atoms with Gasteiger partial charge in [-0.15, -0.1) is 0 Å². The van der Waals surface area contributed by atoms with Crippen LogP contribution in [-0.2, 0) is 0 Å². The highest BCUT2D eigenvalue weighted by molar-refractivity contribution is 7.17. The van der Waals surface area contributed by atoms with Gasteiger partial charge in [-0.05, 0) is 12.1 Å². The molecule has 2 rings (SSSR count). The van der Waals surface area contributed by atoms with Gasteiger partial charge in [-0.2, -0.15) is 0 Å². The van der Waals surface area contributed by atoms with E-state index in [1.54, 1.807) is 0 Å². The number of nitrogens with two attached hydrogens (primary N) is 1. The minimum absolute atomic E-state index is 0.0169. The Balaban J connectivity index is 0.000000220. The van der Waals surface area contributed by atoms with Crippen molar-refractivity contribution in [3.05, 3.63) is 54.2 Å². The van der Waals surface area contributed by atoms with Gasteiger partial charge in [0.25, 0.3) is 5.91 Å². The molecule has 0 fully saturated rings. The predicted octanol–water partition coefficient (Wildman–Crippen LogP) is 2.11.